The van der Waals surface area contributed by atoms with Gasteiger partial charge >= 0.3 is 6.18 Å². The van der Waals surface area contributed by atoms with Gasteiger partial charge < -0.3 is 10.6 Å². The van der Waals surface area contributed by atoms with Crippen molar-refractivity contribution in [2.24, 2.45) is 0 Å². The predicted octanol–water partition coefficient (Wildman–Crippen LogP) is 5.24. The van der Waals surface area contributed by atoms with E-state index in [0.717, 1.165) is 12.1 Å². The van der Waals surface area contributed by atoms with Crippen LogP contribution in [-0.4, -0.2) is 10.9 Å². The van der Waals surface area contributed by atoms with Crippen molar-refractivity contribution >= 4 is 23.1 Å². The highest BCUT2D eigenvalue weighted by atomic mass is 19.4. The van der Waals surface area contributed by atoms with E-state index in [1.807, 2.05) is 0 Å². The molecule has 0 aliphatic carbocycles. The molecule has 8 heteroatoms. The quantitative estimate of drug-likeness (QED) is 0.614. The lowest BCUT2D eigenvalue weighted by molar-refractivity contribution is -0.136. The molecule has 2 N–H and O–H groups in total. The summed E-state index contributed by atoms with van der Waals surface area (Å²) in [6.45, 7) is 0. The summed E-state index contributed by atoms with van der Waals surface area (Å²) in [7, 11) is 0. The second kappa shape index (κ2) is 7.45. The number of hydrogen-bond donors (Lipinski definition) is 2. The van der Waals surface area contributed by atoms with Crippen molar-refractivity contribution in [2.75, 3.05) is 10.6 Å². The first-order chi connectivity index (χ1) is 12.8. The lowest BCUT2D eigenvalue weighted by Crippen LogP contribution is -2.13. The normalized spacial score (nSPS) is 11.1. The molecule has 4 nitrogen and oxygen atoms in total. The standard InChI is InChI=1S/C19H13F4N3O/c20-13-4-3-5-14(11-13)25-18(27)12-8-9-24-17(10-12)26-16-7-2-1-6-15(16)19(21,22)23/h1-11H,(H,24,26)(H,25,27). The highest BCUT2D eigenvalue weighted by molar-refractivity contribution is 6.04. The van der Waals surface area contributed by atoms with Crippen molar-refractivity contribution in [3.8, 4) is 0 Å². The molecule has 1 aromatic heterocycles. The van der Waals surface area contributed by atoms with E-state index in [4.69, 9.17) is 0 Å². The molecule has 1 heterocycles. The van der Waals surface area contributed by atoms with Crippen molar-refractivity contribution in [2.45, 2.75) is 6.18 Å². The summed E-state index contributed by atoms with van der Waals surface area (Å²) in [4.78, 5) is 16.2. The van der Waals surface area contributed by atoms with E-state index < -0.39 is 23.5 Å². The summed E-state index contributed by atoms with van der Waals surface area (Å²) in [6, 6.07) is 13.0. The molecule has 138 valence electrons. The third kappa shape index (κ3) is 4.60. The maximum Gasteiger partial charge on any atom is 0.418 e. The minimum Gasteiger partial charge on any atom is -0.340 e. The van der Waals surface area contributed by atoms with Crippen LogP contribution in [0.2, 0.25) is 0 Å². The van der Waals surface area contributed by atoms with Crippen LogP contribution in [-0.2, 0) is 6.18 Å². The van der Waals surface area contributed by atoms with E-state index >= 15 is 0 Å². The fourth-order valence-corrected chi connectivity index (χ4v) is 2.39. The zero-order valence-corrected chi connectivity index (χ0v) is 13.7. The van der Waals surface area contributed by atoms with Crippen molar-refractivity contribution in [3.05, 3.63) is 83.8 Å². The molecule has 0 saturated carbocycles. The minimum absolute atomic E-state index is 0.0681. The van der Waals surface area contributed by atoms with E-state index in [-0.39, 0.29) is 22.8 Å². The lowest BCUT2D eigenvalue weighted by atomic mass is 10.1. The van der Waals surface area contributed by atoms with Gasteiger partial charge in [0.1, 0.15) is 11.6 Å². The number of anilines is 3. The molecule has 0 aliphatic rings. The Morgan fingerprint density at radius 1 is 0.963 bits per heavy atom. The Kier molecular flexibility index (Phi) is 5.07. The Morgan fingerprint density at radius 3 is 2.48 bits per heavy atom. The van der Waals surface area contributed by atoms with Gasteiger partial charge in [0.25, 0.3) is 5.91 Å². The maximum absolute atomic E-state index is 13.2. The van der Waals surface area contributed by atoms with E-state index in [9.17, 15) is 22.4 Å². The van der Waals surface area contributed by atoms with Crippen LogP contribution >= 0.6 is 0 Å². The molecular weight excluding hydrogens is 362 g/mol. The molecule has 0 bridgehead atoms. The third-order valence-corrected chi connectivity index (χ3v) is 3.60. The van der Waals surface area contributed by atoms with Crippen LogP contribution in [0.4, 0.5) is 34.8 Å². The van der Waals surface area contributed by atoms with Crippen LogP contribution in [0.25, 0.3) is 0 Å². The molecule has 0 aliphatic heterocycles. The summed E-state index contributed by atoms with van der Waals surface area (Å²) in [5.74, 6) is -0.984. The van der Waals surface area contributed by atoms with Gasteiger partial charge in [-0.2, -0.15) is 13.2 Å². The van der Waals surface area contributed by atoms with Crippen LogP contribution in [0.1, 0.15) is 15.9 Å². The van der Waals surface area contributed by atoms with Gasteiger partial charge in [-0.25, -0.2) is 9.37 Å². The SMILES string of the molecule is O=C(Nc1cccc(F)c1)c1ccnc(Nc2ccccc2C(F)(F)F)c1. The van der Waals surface area contributed by atoms with Crippen molar-refractivity contribution in [1.29, 1.82) is 0 Å². The van der Waals surface area contributed by atoms with Gasteiger partial charge in [0.2, 0.25) is 0 Å². The summed E-state index contributed by atoms with van der Waals surface area (Å²) in [6.07, 6.45) is -3.24. The van der Waals surface area contributed by atoms with Crippen molar-refractivity contribution < 1.29 is 22.4 Å². The topological polar surface area (TPSA) is 54.0 Å². The molecule has 27 heavy (non-hydrogen) atoms. The molecule has 0 radical (unpaired) electrons. The molecule has 0 atom stereocenters. The molecule has 0 fully saturated rings. The number of nitrogens with one attached hydrogen (secondary N) is 2. The van der Waals surface area contributed by atoms with Gasteiger partial charge in [0, 0.05) is 17.4 Å². The molecule has 2 aromatic carbocycles. The zero-order valence-electron chi connectivity index (χ0n) is 13.7. The lowest BCUT2D eigenvalue weighted by Gasteiger charge is -2.14. The maximum atomic E-state index is 13.2. The highest BCUT2D eigenvalue weighted by Gasteiger charge is 2.33. The number of pyridine rings is 1. The third-order valence-electron chi connectivity index (χ3n) is 3.60. The van der Waals surface area contributed by atoms with Gasteiger partial charge in [0.05, 0.1) is 11.3 Å². The van der Waals surface area contributed by atoms with Crippen molar-refractivity contribution in [1.82, 2.24) is 4.98 Å². The Morgan fingerprint density at radius 2 is 1.74 bits per heavy atom. The summed E-state index contributed by atoms with van der Waals surface area (Å²) >= 11 is 0. The number of carbonyl (C=O) groups is 1. The number of halogens is 4. The highest BCUT2D eigenvalue weighted by Crippen LogP contribution is 2.35. The van der Waals surface area contributed by atoms with E-state index in [1.54, 1.807) is 0 Å². The van der Waals surface area contributed by atoms with Crippen molar-refractivity contribution in [3.63, 3.8) is 0 Å². The monoisotopic (exact) mass is 375 g/mol. The second-order valence-corrected chi connectivity index (χ2v) is 5.56. The summed E-state index contributed by atoms with van der Waals surface area (Å²) in [5, 5.41) is 5.09. The predicted molar refractivity (Wildman–Crippen MR) is 93.3 cm³/mol. The first-order valence-electron chi connectivity index (χ1n) is 7.79. The van der Waals surface area contributed by atoms with Gasteiger partial charge in [-0.15, -0.1) is 0 Å². The average molecular weight is 375 g/mol. The van der Waals surface area contributed by atoms with E-state index in [1.165, 1.54) is 54.7 Å². The minimum atomic E-state index is -4.53. The number of aromatic nitrogens is 1. The zero-order chi connectivity index (χ0) is 19.4. The van der Waals surface area contributed by atoms with Crippen LogP contribution in [0.15, 0.2) is 66.9 Å². The number of nitrogens with zero attached hydrogens (tertiary/aromatic N) is 1. The number of benzene rings is 2. The summed E-state index contributed by atoms with van der Waals surface area (Å²) < 4.78 is 52.4. The van der Waals surface area contributed by atoms with Crippen LogP contribution in [0.5, 0.6) is 0 Å². The van der Waals surface area contributed by atoms with Crippen LogP contribution in [0, 0.1) is 5.82 Å². The van der Waals surface area contributed by atoms with Crippen LogP contribution in [0.3, 0.4) is 0 Å². The van der Waals surface area contributed by atoms with E-state index in [0.29, 0.717) is 0 Å². The Labute approximate surface area is 151 Å². The summed E-state index contributed by atoms with van der Waals surface area (Å²) in [5.41, 5.74) is -0.614. The largest absolute Gasteiger partial charge is 0.418 e. The molecule has 0 spiro atoms. The average Bonchev–Trinajstić information content (AvgIpc) is 2.61. The molecule has 1 amide bonds. The number of hydrogen-bond acceptors (Lipinski definition) is 3. The first-order valence-corrected chi connectivity index (χ1v) is 7.79. The molecule has 3 rings (SSSR count). The number of amides is 1. The molecule has 3 aromatic rings. The second-order valence-electron chi connectivity index (χ2n) is 5.56. The van der Waals surface area contributed by atoms with Gasteiger partial charge in [-0.1, -0.05) is 18.2 Å². The number of rotatable bonds is 4. The smallest absolute Gasteiger partial charge is 0.340 e. The Balaban J connectivity index is 1.81. The van der Waals surface area contributed by atoms with Gasteiger partial charge in [-0.05, 0) is 42.5 Å². The molecule has 0 saturated heterocycles. The first kappa shape index (κ1) is 18.4. The fraction of sp³-hybridized carbons (Fsp3) is 0.0526. The van der Waals surface area contributed by atoms with Crippen LogP contribution < -0.4 is 10.6 Å². The Bertz CT molecular complexity index is 973. The molecular formula is C19H13F4N3O. The van der Waals surface area contributed by atoms with Gasteiger partial charge in [-0.3, -0.25) is 4.79 Å². The van der Waals surface area contributed by atoms with Gasteiger partial charge in [0.15, 0.2) is 0 Å². The number of carbonyl (C=O) groups excluding carboxylic acids is 1. The molecule has 0 unspecified atom stereocenters. The number of para-hydroxylation sites is 1. The fourth-order valence-electron chi connectivity index (χ4n) is 2.39. The van der Waals surface area contributed by atoms with E-state index in [2.05, 4.69) is 15.6 Å². The number of alkyl halides is 3. The Hall–Kier alpha value is -3.42.